The zero-order chi connectivity index (χ0) is 30.6. The molecule has 1 amide bonds. The Hall–Kier alpha value is -4.78. The van der Waals surface area contributed by atoms with Crippen molar-refractivity contribution < 1.29 is 27.4 Å². The fourth-order valence-electron chi connectivity index (χ4n) is 4.59. The molecule has 0 saturated carbocycles. The Morgan fingerprint density at radius 2 is 1.95 bits per heavy atom. The van der Waals surface area contributed by atoms with E-state index in [4.69, 9.17) is 9.47 Å². The molecule has 43 heavy (non-hydrogen) atoms. The van der Waals surface area contributed by atoms with E-state index in [1.165, 1.54) is 18.5 Å². The predicted molar refractivity (Wildman–Crippen MR) is 154 cm³/mol. The Kier molecular flexibility index (Phi) is 8.44. The Bertz CT molecular complexity index is 1630. The molecule has 1 aliphatic rings. The van der Waals surface area contributed by atoms with Crippen LogP contribution in [0.1, 0.15) is 41.3 Å². The van der Waals surface area contributed by atoms with E-state index in [0.29, 0.717) is 28.6 Å². The van der Waals surface area contributed by atoms with E-state index in [9.17, 15) is 18.0 Å². The van der Waals surface area contributed by atoms with Gasteiger partial charge in [-0.1, -0.05) is 6.07 Å². The highest BCUT2D eigenvalue weighted by Gasteiger charge is 2.33. The van der Waals surface area contributed by atoms with Gasteiger partial charge in [0.25, 0.3) is 5.91 Å². The third kappa shape index (κ3) is 7.17. The van der Waals surface area contributed by atoms with Crippen molar-refractivity contribution in [3.8, 4) is 28.8 Å². The number of carbonyl (C=O) groups excluding carboxylic acids is 1. The summed E-state index contributed by atoms with van der Waals surface area (Å²) < 4.78 is 53.0. The SMILES string of the molecule is CNc1ncnc(-c2cccnc2Oc2cc(C(=O)Nc3cc(OC[C@]4(C)CCCN4)cc(C(F)(F)F)c3)ccc2C)n1. The smallest absolute Gasteiger partial charge is 0.416 e. The number of amides is 1. The molecular weight excluding hydrogens is 563 g/mol. The molecule has 1 saturated heterocycles. The summed E-state index contributed by atoms with van der Waals surface area (Å²) in [6, 6.07) is 11.4. The number of pyridine rings is 1. The minimum absolute atomic E-state index is 0.00965. The first-order valence-electron chi connectivity index (χ1n) is 13.6. The van der Waals surface area contributed by atoms with Crippen LogP contribution in [-0.4, -0.2) is 51.6 Å². The van der Waals surface area contributed by atoms with E-state index in [0.717, 1.165) is 31.5 Å². The van der Waals surface area contributed by atoms with Gasteiger partial charge < -0.3 is 25.4 Å². The Morgan fingerprint density at radius 1 is 1.12 bits per heavy atom. The lowest BCUT2D eigenvalue weighted by Gasteiger charge is -2.25. The quantitative estimate of drug-likeness (QED) is 0.219. The van der Waals surface area contributed by atoms with Crippen LogP contribution in [0, 0.1) is 6.92 Å². The second-order valence-corrected chi connectivity index (χ2v) is 10.4. The lowest BCUT2D eigenvalue weighted by Crippen LogP contribution is -2.42. The maximum absolute atomic E-state index is 13.7. The van der Waals surface area contributed by atoms with Gasteiger partial charge in [0.1, 0.15) is 24.4 Å². The topological polar surface area (TPSA) is 123 Å². The van der Waals surface area contributed by atoms with E-state index >= 15 is 0 Å². The summed E-state index contributed by atoms with van der Waals surface area (Å²) in [5.74, 6) is 0.589. The number of aromatic nitrogens is 4. The zero-order valence-corrected chi connectivity index (χ0v) is 23.7. The standard InChI is InChI=1S/C30H30F3N7O3/c1-18-7-8-19(12-24(18)43-27-23(6-4-10-35-27)25-36-17-37-28(34-3)40-25)26(41)39-21-13-20(30(31,32)33)14-22(15-21)42-16-29(2)9-5-11-38-29/h4,6-8,10,12-15,17,38H,5,9,11,16H2,1-3H3,(H,39,41)(H,34,36,37,40)/t29-/m0/s1. The molecule has 2 aromatic carbocycles. The van der Waals surface area contributed by atoms with Gasteiger partial charge in [0, 0.05) is 36.1 Å². The third-order valence-corrected chi connectivity index (χ3v) is 6.97. The van der Waals surface area contributed by atoms with Crippen molar-refractivity contribution in [1.29, 1.82) is 0 Å². The summed E-state index contributed by atoms with van der Waals surface area (Å²) in [5, 5.41) is 8.74. The van der Waals surface area contributed by atoms with Crippen molar-refractivity contribution in [3.05, 3.63) is 77.7 Å². The summed E-state index contributed by atoms with van der Waals surface area (Å²) in [7, 11) is 1.68. The number of rotatable bonds is 9. The molecule has 10 nitrogen and oxygen atoms in total. The molecular formula is C30H30F3N7O3. The summed E-state index contributed by atoms with van der Waals surface area (Å²) >= 11 is 0. The molecule has 4 aromatic rings. The molecule has 3 heterocycles. The van der Waals surface area contributed by atoms with Crippen LogP contribution in [0.3, 0.4) is 0 Å². The summed E-state index contributed by atoms with van der Waals surface area (Å²) in [6.45, 7) is 4.77. The first kappa shape index (κ1) is 29.7. The average Bonchev–Trinajstić information content (AvgIpc) is 3.43. The van der Waals surface area contributed by atoms with Crippen LogP contribution in [0.4, 0.5) is 24.8 Å². The highest BCUT2D eigenvalue weighted by Crippen LogP contribution is 2.36. The Morgan fingerprint density at radius 3 is 2.70 bits per heavy atom. The number of carbonyl (C=O) groups is 1. The molecule has 1 aliphatic heterocycles. The van der Waals surface area contributed by atoms with E-state index in [2.05, 4.69) is 35.9 Å². The number of nitrogens with zero attached hydrogens (tertiary/aromatic N) is 4. The molecule has 2 aromatic heterocycles. The van der Waals surface area contributed by atoms with Crippen LogP contribution in [0.5, 0.6) is 17.4 Å². The van der Waals surface area contributed by atoms with E-state index in [1.54, 1.807) is 44.4 Å². The second-order valence-electron chi connectivity index (χ2n) is 10.4. The first-order valence-corrected chi connectivity index (χ1v) is 13.6. The summed E-state index contributed by atoms with van der Waals surface area (Å²) in [5.41, 5.74) is 0.0441. The van der Waals surface area contributed by atoms with Gasteiger partial charge in [-0.05, 0) is 75.2 Å². The molecule has 1 fully saturated rings. The van der Waals surface area contributed by atoms with E-state index < -0.39 is 17.6 Å². The number of nitrogens with one attached hydrogen (secondary N) is 3. The Labute approximate surface area is 246 Å². The summed E-state index contributed by atoms with van der Waals surface area (Å²) in [6.07, 6.45) is 0.0765. The van der Waals surface area contributed by atoms with Crippen LogP contribution < -0.4 is 25.4 Å². The summed E-state index contributed by atoms with van der Waals surface area (Å²) in [4.78, 5) is 30.1. The van der Waals surface area contributed by atoms with Gasteiger partial charge in [-0.15, -0.1) is 0 Å². The number of halogens is 3. The lowest BCUT2D eigenvalue weighted by molar-refractivity contribution is -0.137. The van der Waals surface area contributed by atoms with Crippen LogP contribution in [0.25, 0.3) is 11.4 Å². The van der Waals surface area contributed by atoms with Gasteiger partial charge in [-0.2, -0.15) is 18.2 Å². The van der Waals surface area contributed by atoms with Crippen molar-refractivity contribution in [1.82, 2.24) is 25.3 Å². The molecule has 0 spiro atoms. The van der Waals surface area contributed by atoms with Crippen molar-refractivity contribution in [2.75, 3.05) is 30.8 Å². The van der Waals surface area contributed by atoms with Crippen LogP contribution in [0.2, 0.25) is 0 Å². The van der Waals surface area contributed by atoms with Crippen molar-refractivity contribution in [2.45, 2.75) is 38.4 Å². The van der Waals surface area contributed by atoms with Crippen molar-refractivity contribution in [3.63, 3.8) is 0 Å². The monoisotopic (exact) mass is 593 g/mol. The lowest BCUT2D eigenvalue weighted by atomic mass is 10.0. The molecule has 0 radical (unpaired) electrons. The van der Waals surface area contributed by atoms with Gasteiger partial charge >= 0.3 is 6.18 Å². The predicted octanol–water partition coefficient (Wildman–Crippen LogP) is 5.87. The third-order valence-electron chi connectivity index (χ3n) is 6.97. The van der Waals surface area contributed by atoms with Gasteiger partial charge in [-0.25, -0.2) is 15.0 Å². The fourth-order valence-corrected chi connectivity index (χ4v) is 4.59. The van der Waals surface area contributed by atoms with Crippen LogP contribution >= 0.6 is 0 Å². The molecule has 5 rings (SSSR count). The highest BCUT2D eigenvalue weighted by atomic mass is 19.4. The van der Waals surface area contributed by atoms with Crippen molar-refractivity contribution >= 4 is 17.5 Å². The van der Waals surface area contributed by atoms with Crippen LogP contribution in [-0.2, 0) is 6.18 Å². The fraction of sp³-hybridized carbons (Fsp3) is 0.300. The minimum atomic E-state index is -4.63. The number of anilines is 2. The molecule has 0 bridgehead atoms. The second kappa shape index (κ2) is 12.2. The number of benzene rings is 2. The minimum Gasteiger partial charge on any atom is -0.492 e. The van der Waals surface area contributed by atoms with Gasteiger partial charge in [0.15, 0.2) is 5.82 Å². The van der Waals surface area contributed by atoms with Gasteiger partial charge in [0.05, 0.1) is 11.1 Å². The number of ether oxygens (including phenoxy) is 2. The zero-order valence-electron chi connectivity index (χ0n) is 23.7. The number of hydrogen-bond donors (Lipinski definition) is 3. The molecule has 3 N–H and O–H groups in total. The molecule has 0 aliphatic carbocycles. The first-order chi connectivity index (χ1) is 20.5. The Balaban J connectivity index is 1.38. The van der Waals surface area contributed by atoms with E-state index in [1.807, 2.05) is 6.92 Å². The van der Waals surface area contributed by atoms with Gasteiger partial charge in [0.2, 0.25) is 11.8 Å². The van der Waals surface area contributed by atoms with Crippen molar-refractivity contribution in [2.24, 2.45) is 0 Å². The van der Waals surface area contributed by atoms with Crippen LogP contribution in [0.15, 0.2) is 61.1 Å². The maximum atomic E-state index is 13.7. The number of aryl methyl sites for hydroxylation is 1. The molecule has 224 valence electrons. The van der Waals surface area contributed by atoms with E-state index in [-0.39, 0.29) is 35.0 Å². The normalized spacial score (nSPS) is 16.5. The highest BCUT2D eigenvalue weighted by molar-refractivity contribution is 6.04. The largest absolute Gasteiger partial charge is 0.492 e. The number of hydrogen-bond acceptors (Lipinski definition) is 9. The molecule has 13 heteroatoms. The molecule has 1 atom stereocenters. The maximum Gasteiger partial charge on any atom is 0.416 e. The molecule has 0 unspecified atom stereocenters. The number of alkyl halides is 3. The average molecular weight is 594 g/mol. The van der Waals surface area contributed by atoms with Gasteiger partial charge in [-0.3, -0.25) is 4.79 Å².